The molecule has 0 spiro atoms. The van der Waals surface area contributed by atoms with Crippen molar-refractivity contribution in [1.82, 2.24) is 10.2 Å². The van der Waals surface area contributed by atoms with Gasteiger partial charge in [0, 0.05) is 38.2 Å². The van der Waals surface area contributed by atoms with Crippen LogP contribution in [0.5, 0.6) is 0 Å². The van der Waals surface area contributed by atoms with Crippen molar-refractivity contribution in [3.63, 3.8) is 0 Å². The Kier molecular flexibility index (Phi) is 7.20. The zero-order valence-corrected chi connectivity index (χ0v) is 16.4. The van der Waals surface area contributed by atoms with Crippen LogP contribution in [-0.4, -0.2) is 36.4 Å². The number of carbonyl (C=O) groups excluding carboxylic acids is 2. The van der Waals surface area contributed by atoms with Gasteiger partial charge in [0.25, 0.3) is 5.91 Å². The summed E-state index contributed by atoms with van der Waals surface area (Å²) in [7, 11) is 0. The number of likely N-dealkylation sites (tertiary alicyclic amines) is 1. The van der Waals surface area contributed by atoms with E-state index in [0.29, 0.717) is 31.7 Å². The van der Waals surface area contributed by atoms with Crippen LogP contribution in [0.2, 0.25) is 0 Å². The normalized spacial score (nSPS) is 14.9. The number of nitrogens with zero attached hydrogens (tertiary/aromatic N) is 1. The summed E-state index contributed by atoms with van der Waals surface area (Å²) in [6.07, 6.45) is 2.35. The Balaban J connectivity index is 1.40. The molecule has 0 saturated carbocycles. The third-order valence-corrected chi connectivity index (χ3v) is 4.98. The van der Waals surface area contributed by atoms with Crippen LogP contribution in [0, 0.1) is 0 Å². The maximum absolute atomic E-state index is 12.4. The van der Waals surface area contributed by atoms with E-state index in [1.807, 2.05) is 48.2 Å². The van der Waals surface area contributed by atoms with Gasteiger partial charge in [0.15, 0.2) is 0 Å². The number of hydrogen-bond donors (Lipinski definition) is 1. The minimum absolute atomic E-state index is 0.0434. The average Bonchev–Trinajstić information content (AvgIpc) is 3.12. The molecule has 5 nitrogen and oxygen atoms in total. The quantitative estimate of drug-likeness (QED) is 0.675. The lowest BCUT2D eigenvalue weighted by Gasteiger charge is -2.16. The van der Waals surface area contributed by atoms with Crippen molar-refractivity contribution in [3.8, 4) is 0 Å². The van der Waals surface area contributed by atoms with E-state index in [-0.39, 0.29) is 17.9 Å². The molecule has 3 rings (SSSR count). The number of carbonyl (C=O) groups is 2. The van der Waals surface area contributed by atoms with Crippen molar-refractivity contribution in [2.75, 3.05) is 19.7 Å². The second-order valence-corrected chi connectivity index (χ2v) is 7.15. The standard InChI is InChI=1S/C23H28N2O3/c1-18(20-9-3-2-4-10-20)28-15-7-13-24-23(27)21-11-5-8-19(16-21)17-25-14-6-12-22(25)26/h2-5,8-11,16,18H,6-7,12-15,17H2,1H3,(H,24,27). The molecule has 28 heavy (non-hydrogen) atoms. The number of ether oxygens (including phenoxy) is 1. The average molecular weight is 380 g/mol. The second-order valence-electron chi connectivity index (χ2n) is 7.15. The van der Waals surface area contributed by atoms with Gasteiger partial charge in [0.1, 0.15) is 0 Å². The van der Waals surface area contributed by atoms with Crippen molar-refractivity contribution in [2.45, 2.75) is 38.8 Å². The highest BCUT2D eigenvalue weighted by Gasteiger charge is 2.20. The molecule has 0 bridgehead atoms. The fraction of sp³-hybridized carbons (Fsp3) is 0.391. The largest absolute Gasteiger partial charge is 0.374 e. The predicted molar refractivity (Wildman–Crippen MR) is 109 cm³/mol. The van der Waals surface area contributed by atoms with Crippen LogP contribution >= 0.6 is 0 Å². The number of nitrogens with one attached hydrogen (secondary N) is 1. The lowest BCUT2D eigenvalue weighted by Crippen LogP contribution is -2.26. The Labute approximate surface area is 166 Å². The monoisotopic (exact) mass is 380 g/mol. The molecule has 1 heterocycles. The zero-order chi connectivity index (χ0) is 19.8. The molecular formula is C23H28N2O3. The van der Waals surface area contributed by atoms with Crippen molar-refractivity contribution in [1.29, 1.82) is 0 Å². The maximum atomic E-state index is 12.4. The van der Waals surface area contributed by atoms with Gasteiger partial charge in [0.05, 0.1) is 6.10 Å². The highest BCUT2D eigenvalue weighted by atomic mass is 16.5. The molecule has 1 N–H and O–H groups in total. The molecule has 1 saturated heterocycles. The molecule has 1 aliphatic heterocycles. The summed E-state index contributed by atoms with van der Waals surface area (Å²) in [5.41, 5.74) is 2.77. The number of amides is 2. The topological polar surface area (TPSA) is 58.6 Å². The Morgan fingerprint density at radius 1 is 1.18 bits per heavy atom. The van der Waals surface area contributed by atoms with Gasteiger partial charge < -0.3 is 15.0 Å². The van der Waals surface area contributed by atoms with E-state index in [1.54, 1.807) is 6.07 Å². The van der Waals surface area contributed by atoms with E-state index in [2.05, 4.69) is 17.4 Å². The van der Waals surface area contributed by atoms with Gasteiger partial charge in [0.2, 0.25) is 5.91 Å². The molecule has 1 fully saturated rings. The second kappa shape index (κ2) is 10.0. The third-order valence-electron chi connectivity index (χ3n) is 4.98. The molecule has 0 radical (unpaired) electrons. The third kappa shape index (κ3) is 5.67. The maximum Gasteiger partial charge on any atom is 0.251 e. The van der Waals surface area contributed by atoms with Crippen LogP contribution < -0.4 is 5.32 Å². The van der Waals surface area contributed by atoms with Crippen LogP contribution in [0.15, 0.2) is 54.6 Å². The molecule has 2 aromatic rings. The van der Waals surface area contributed by atoms with Crippen molar-refractivity contribution < 1.29 is 14.3 Å². The predicted octanol–water partition coefficient (Wildman–Crippen LogP) is 3.71. The minimum atomic E-state index is -0.0919. The lowest BCUT2D eigenvalue weighted by molar-refractivity contribution is -0.128. The molecule has 1 atom stereocenters. The minimum Gasteiger partial charge on any atom is -0.374 e. The van der Waals surface area contributed by atoms with Gasteiger partial charge in [-0.05, 0) is 43.0 Å². The van der Waals surface area contributed by atoms with Gasteiger partial charge in [-0.1, -0.05) is 42.5 Å². The van der Waals surface area contributed by atoms with Crippen molar-refractivity contribution in [3.05, 3.63) is 71.3 Å². The highest BCUT2D eigenvalue weighted by molar-refractivity contribution is 5.94. The fourth-order valence-corrected chi connectivity index (χ4v) is 3.36. The molecule has 0 aliphatic carbocycles. The van der Waals surface area contributed by atoms with E-state index in [1.165, 1.54) is 0 Å². The highest BCUT2D eigenvalue weighted by Crippen LogP contribution is 2.16. The Bertz CT molecular complexity index is 791. The Hall–Kier alpha value is -2.66. The van der Waals surface area contributed by atoms with Gasteiger partial charge in [-0.15, -0.1) is 0 Å². The molecule has 5 heteroatoms. The molecular weight excluding hydrogens is 352 g/mol. The fourth-order valence-electron chi connectivity index (χ4n) is 3.36. The van der Waals surface area contributed by atoms with Crippen molar-refractivity contribution in [2.24, 2.45) is 0 Å². The molecule has 1 aliphatic rings. The Morgan fingerprint density at radius 2 is 2.00 bits per heavy atom. The van der Waals surface area contributed by atoms with Crippen LogP contribution in [-0.2, 0) is 16.1 Å². The van der Waals surface area contributed by atoms with Gasteiger partial charge >= 0.3 is 0 Å². The summed E-state index contributed by atoms with van der Waals surface area (Å²) >= 11 is 0. The zero-order valence-electron chi connectivity index (χ0n) is 16.4. The summed E-state index contributed by atoms with van der Waals surface area (Å²) in [4.78, 5) is 26.0. The summed E-state index contributed by atoms with van der Waals surface area (Å²) in [5.74, 6) is 0.102. The molecule has 2 aromatic carbocycles. The SMILES string of the molecule is CC(OCCCNC(=O)c1cccc(CN2CCCC2=O)c1)c1ccccc1. The molecule has 0 aromatic heterocycles. The van der Waals surface area contributed by atoms with E-state index in [0.717, 1.165) is 30.5 Å². The number of rotatable bonds is 9. The van der Waals surface area contributed by atoms with Gasteiger partial charge in [-0.2, -0.15) is 0 Å². The molecule has 1 unspecified atom stereocenters. The van der Waals surface area contributed by atoms with Gasteiger partial charge in [-0.25, -0.2) is 0 Å². The van der Waals surface area contributed by atoms with Crippen molar-refractivity contribution >= 4 is 11.8 Å². The van der Waals surface area contributed by atoms with E-state index in [9.17, 15) is 9.59 Å². The van der Waals surface area contributed by atoms with Crippen LogP contribution in [0.1, 0.15) is 53.8 Å². The first-order valence-corrected chi connectivity index (χ1v) is 9.95. The van der Waals surface area contributed by atoms with Crippen LogP contribution in [0.4, 0.5) is 0 Å². The van der Waals surface area contributed by atoms with E-state index >= 15 is 0 Å². The first kappa shape index (κ1) is 20.1. The summed E-state index contributed by atoms with van der Waals surface area (Å²) in [5, 5.41) is 2.94. The molecule has 2 amide bonds. The van der Waals surface area contributed by atoms with E-state index < -0.39 is 0 Å². The first-order valence-electron chi connectivity index (χ1n) is 9.95. The smallest absolute Gasteiger partial charge is 0.251 e. The van der Waals surface area contributed by atoms with Gasteiger partial charge in [-0.3, -0.25) is 9.59 Å². The Morgan fingerprint density at radius 3 is 2.75 bits per heavy atom. The molecule has 148 valence electrons. The number of benzene rings is 2. The van der Waals surface area contributed by atoms with E-state index in [4.69, 9.17) is 4.74 Å². The summed E-state index contributed by atoms with van der Waals surface area (Å²) < 4.78 is 5.83. The summed E-state index contributed by atoms with van der Waals surface area (Å²) in [6.45, 7) is 4.56. The van der Waals surface area contributed by atoms with Crippen LogP contribution in [0.3, 0.4) is 0 Å². The summed E-state index contributed by atoms with van der Waals surface area (Å²) in [6, 6.07) is 17.6. The number of hydrogen-bond acceptors (Lipinski definition) is 3. The first-order chi connectivity index (χ1) is 13.6. The van der Waals surface area contributed by atoms with Crippen LogP contribution in [0.25, 0.3) is 0 Å². The lowest BCUT2D eigenvalue weighted by atomic mass is 10.1.